The summed E-state index contributed by atoms with van der Waals surface area (Å²) < 4.78 is 6.30. The number of methoxy groups -OCH3 is 1. The average molecular weight is 437 g/mol. The van der Waals surface area contributed by atoms with Gasteiger partial charge >= 0.3 is 0 Å². The van der Waals surface area contributed by atoms with E-state index < -0.39 is 0 Å². The highest BCUT2D eigenvalue weighted by atomic mass is 79.9. The van der Waals surface area contributed by atoms with Crippen LogP contribution in [0.25, 0.3) is 0 Å². The Bertz CT molecular complexity index is 796. The van der Waals surface area contributed by atoms with Crippen LogP contribution in [-0.2, 0) is 4.79 Å². The maximum Gasteiger partial charge on any atom is 0.253 e. The molecule has 5 nitrogen and oxygen atoms in total. The zero-order valence-corrected chi connectivity index (χ0v) is 17.3. The third kappa shape index (κ3) is 5.51. The minimum absolute atomic E-state index is 0.127. The maximum atomic E-state index is 12.3. The molecule has 0 saturated carbocycles. The average Bonchev–Trinajstić information content (AvgIpc) is 2.62. The Labute approximate surface area is 166 Å². The van der Waals surface area contributed by atoms with Crippen LogP contribution >= 0.6 is 27.7 Å². The molecule has 1 N–H and O–H groups in total. The van der Waals surface area contributed by atoms with Crippen LogP contribution in [0.5, 0.6) is 5.75 Å². The van der Waals surface area contributed by atoms with E-state index in [1.54, 1.807) is 44.1 Å². The number of nitrogens with one attached hydrogen (secondary N) is 1. The number of hydrogen-bond acceptors (Lipinski definition) is 4. The second-order valence-electron chi connectivity index (χ2n) is 5.69. The van der Waals surface area contributed by atoms with Crippen LogP contribution in [-0.4, -0.2) is 43.7 Å². The molecule has 0 aliphatic heterocycles. The number of thioether (sulfide) groups is 1. The second-order valence-corrected chi connectivity index (χ2v) is 7.68. The molecule has 0 radical (unpaired) electrons. The van der Waals surface area contributed by atoms with Gasteiger partial charge in [-0.05, 0) is 46.3 Å². The lowest BCUT2D eigenvalue weighted by Gasteiger charge is -2.14. The predicted octanol–water partition coefficient (Wildman–Crippen LogP) is 4.28. The van der Waals surface area contributed by atoms with E-state index in [1.807, 2.05) is 24.3 Å². The Kier molecular flexibility index (Phi) is 7.53. The number of hydrogen-bond donors (Lipinski definition) is 1. The van der Waals surface area contributed by atoms with Gasteiger partial charge in [0.2, 0.25) is 5.91 Å². The van der Waals surface area contributed by atoms with Crippen LogP contribution in [0.15, 0.2) is 51.8 Å². The first-order chi connectivity index (χ1) is 12.4. The number of ether oxygens (including phenoxy) is 1. The molecule has 0 heterocycles. The first-order valence-corrected chi connectivity index (χ1v) is 9.77. The molecular weight excluding hydrogens is 416 g/mol. The van der Waals surface area contributed by atoms with Gasteiger partial charge in [0.15, 0.2) is 0 Å². The molecule has 0 atom stereocenters. The number of halogens is 1. The molecule has 0 aliphatic carbocycles. The first-order valence-electron chi connectivity index (χ1n) is 7.99. The SMILES string of the molecule is COc1ccc(C(=O)N(C)C)cc1NC(=O)CCSc1ccccc1Br. The van der Waals surface area contributed by atoms with Gasteiger partial charge in [0.05, 0.1) is 12.8 Å². The van der Waals surface area contributed by atoms with E-state index in [0.717, 1.165) is 9.37 Å². The van der Waals surface area contributed by atoms with Crippen molar-refractivity contribution in [2.75, 3.05) is 32.3 Å². The van der Waals surface area contributed by atoms with E-state index in [4.69, 9.17) is 4.74 Å². The van der Waals surface area contributed by atoms with Crippen molar-refractivity contribution in [2.24, 2.45) is 0 Å². The van der Waals surface area contributed by atoms with Crippen molar-refractivity contribution in [3.05, 3.63) is 52.5 Å². The van der Waals surface area contributed by atoms with Crippen molar-refractivity contribution in [3.8, 4) is 5.75 Å². The Balaban J connectivity index is 2.00. The van der Waals surface area contributed by atoms with E-state index in [-0.39, 0.29) is 11.8 Å². The number of benzene rings is 2. The molecule has 0 bridgehead atoms. The third-order valence-corrected chi connectivity index (χ3v) is 5.58. The Morgan fingerprint density at radius 1 is 1.19 bits per heavy atom. The minimum Gasteiger partial charge on any atom is -0.495 e. The van der Waals surface area contributed by atoms with Gasteiger partial charge in [-0.15, -0.1) is 11.8 Å². The first kappa shape index (κ1) is 20.3. The van der Waals surface area contributed by atoms with Crippen LogP contribution in [0.4, 0.5) is 5.69 Å². The summed E-state index contributed by atoms with van der Waals surface area (Å²) in [5.41, 5.74) is 0.991. The number of anilines is 1. The van der Waals surface area contributed by atoms with Crippen LogP contribution in [0.2, 0.25) is 0 Å². The van der Waals surface area contributed by atoms with E-state index in [0.29, 0.717) is 29.2 Å². The van der Waals surface area contributed by atoms with Gasteiger partial charge in [-0.25, -0.2) is 0 Å². The molecule has 2 amide bonds. The fourth-order valence-electron chi connectivity index (χ4n) is 2.23. The fourth-order valence-corrected chi connectivity index (χ4v) is 3.74. The van der Waals surface area contributed by atoms with Gasteiger partial charge in [-0.3, -0.25) is 9.59 Å². The van der Waals surface area contributed by atoms with Gasteiger partial charge in [-0.2, -0.15) is 0 Å². The summed E-state index contributed by atoms with van der Waals surface area (Å²) in [7, 11) is 4.90. The van der Waals surface area contributed by atoms with Crippen LogP contribution in [0.3, 0.4) is 0 Å². The fraction of sp³-hybridized carbons (Fsp3) is 0.263. The van der Waals surface area contributed by atoms with Gasteiger partial charge in [0.1, 0.15) is 5.75 Å². The van der Waals surface area contributed by atoms with Gasteiger partial charge < -0.3 is 15.0 Å². The van der Waals surface area contributed by atoms with Crippen molar-refractivity contribution in [3.63, 3.8) is 0 Å². The Hall–Kier alpha value is -1.99. The lowest BCUT2D eigenvalue weighted by atomic mass is 10.1. The molecule has 2 aromatic carbocycles. The van der Waals surface area contributed by atoms with Crippen molar-refractivity contribution in [2.45, 2.75) is 11.3 Å². The molecule has 0 aliphatic rings. The molecule has 2 rings (SSSR count). The molecule has 7 heteroatoms. The van der Waals surface area contributed by atoms with Crippen LogP contribution in [0.1, 0.15) is 16.8 Å². The molecule has 26 heavy (non-hydrogen) atoms. The topological polar surface area (TPSA) is 58.6 Å². The summed E-state index contributed by atoms with van der Waals surface area (Å²) in [6.45, 7) is 0. The second kappa shape index (κ2) is 9.64. The largest absolute Gasteiger partial charge is 0.495 e. The molecule has 0 spiro atoms. The smallest absolute Gasteiger partial charge is 0.253 e. The summed E-state index contributed by atoms with van der Waals surface area (Å²) >= 11 is 5.10. The van der Waals surface area contributed by atoms with Crippen molar-refractivity contribution in [1.29, 1.82) is 0 Å². The molecule has 0 aromatic heterocycles. The van der Waals surface area contributed by atoms with E-state index in [1.165, 1.54) is 12.0 Å². The lowest BCUT2D eigenvalue weighted by molar-refractivity contribution is -0.115. The number of carbonyl (C=O) groups is 2. The maximum absolute atomic E-state index is 12.3. The number of nitrogens with zero attached hydrogens (tertiary/aromatic N) is 1. The van der Waals surface area contributed by atoms with Crippen molar-refractivity contribution >= 4 is 45.2 Å². The highest BCUT2D eigenvalue weighted by molar-refractivity contribution is 9.10. The lowest BCUT2D eigenvalue weighted by Crippen LogP contribution is -2.22. The minimum atomic E-state index is -0.132. The van der Waals surface area contributed by atoms with Crippen molar-refractivity contribution in [1.82, 2.24) is 4.90 Å². The summed E-state index contributed by atoms with van der Waals surface area (Å²) in [6, 6.07) is 12.9. The van der Waals surface area contributed by atoms with E-state index in [2.05, 4.69) is 21.2 Å². The normalized spacial score (nSPS) is 10.3. The van der Waals surface area contributed by atoms with Gasteiger partial charge in [0, 0.05) is 41.2 Å². The Morgan fingerprint density at radius 2 is 1.92 bits per heavy atom. The number of carbonyl (C=O) groups excluding carboxylic acids is 2. The number of rotatable bonds is 7. The van der Waals surface area contributed by atoms with Crippen LogP contribution < -0.4 is 10.1 Å². The molecule has 0 fully saturated rings. The summed E-state index contributed by atoms with van der Waals surface area (Å²) in [4.78, 5) is 27.0. The number of amides is 2. The summed E-state index contributed by atoms with van der Waals surface area (Å²) in [6.07, 6.45) is 0.348. The van der Waals surface area contributed by atoms with Gasteiger partial charge in [-0.1, -0.05) is 12.1 Å². The van der Waals surface area contributed by atoms with Crippen LogP contribution in [0, 0.1) is 0 Å². The zero-order chi connectivity index (χ0) is 19.1. The molecule has 2 aromatic rings. The summed E-state index contributed by atoms with van der Waals surface area (Å²) in [5, 5.41) is 2.84. The summed E-state index contributed by atoms with van der Waals surface area (Å²) in [5.74, 6) is 0.907. The van der Waals surface area contributed by atoms with Gasteiger partial charge in [0.25, 0.3) is 5.91 Å². The van der Waals surface area contributed by atoms with Crippen molar-refractivity contribution < 1.29 is 14.3 Å². The monoisotopic (exact) mass is 436 g/mol. The molecule has 138 valence electrons. The Morgan fingerprint density at radius 3 is 2.58 bits per heavy atom. The van der Waals surface area contributed by atoms with E-state index >= 15 is 0 Å². The molecule has 0 saturated heterocycles. The zero-order valence-electron chi connectivity index (χ0n) is 14.9. The van der Waals surface area contributed by atoms with E-state index in [9.17, 15) is 9.59 Å². The standard InChI is InChI=1S/C19H21BrN2O3S/c1-22(2)19(24)13-8-9-16(25-3)15(12-13)21-18(23)10-11-26-17-7-5-4-6-14(17)20/h4-9,12H,10-11H2,1-3H3,(H,21,23). The molecule has 0 unspecified atom stereocenters. The highest BCUT2D eigenvalue weighted by Gasteiger charge is 2.14. The predicted molar refractivity (Wildman–Crippen MR) is 109 cm³/mol. The third-order valence-electron chi connectivity index (χ3n) is 3.55. The molecular formula is C19H21BrN2O3S. The highest BCUT2D eigenvalue weighted by Crippen LogP contribution is 2.28. The quantitative estimate of drug-likeness (QED) is 0.657.